The van der Waals surface area contributed by atoms with Gasteiger partial charge in [0.25, 0.3) is 0 Å². The molecule has 0 aromatic carbocycles. The summed E-state index contributed by atoms with van der Waals surface area (Å²) in [5.41, 5.74) is 0. The molecule has 0 aliphatic rings. The summed E-state index contributed by atoms with van der Waals surface area (Å²) in [5, 5.41) is 0. The van der Waals surface area contributed by atoms with Crippen LogP contribution in [-0.2, 0) is 28.6 Å². The number of allylic oxidation sites excluding steroid dienone is 20. The summed E-state index contributed by atoms with van der Waals surface area (Å²) >= 11 is 0. The van der Waals surface area contributed by atoms with E-state index in [1.165, 1.54) is 103 Å². The van der Waals surface area contributed by atoms with Gasteiger partial charge in [-0.3, -0.25) is 14.4 Å². The minimum absolute atomic E-state index is 0.107. The van der Waals surface area contributed by atoms with Gasteiger partial charge in [-0.15, -0.1) is 0 Å². The van der Waals surface area contributed by atoms with Crippen LogP contribution in [0.5, 0.6) is 0 Å². The molecule has 0 amide bonds. The van der Waals surface area contributed by atoms with Crippen LogP contribution in [0.15, 0.2) is 122 Å². The second-order valence-electron chi connectivity index (χ2n) is 19.5. The van der Waals surface area contributed by atoms with E-state index in [-0.39, 0.29) is 37.5 Å². The van der Waals surface area contributed by atoms with Crippen molar-refractivity contribution in [3.05, 3.63) is 122 Å². The molecule has 0 saturated heterocycles. The molecule has 414 valence electrons. The summed E-state index contributed by atoms with van der Waals surface area (Å²) in [7, 11) is 0. The lowest BCUT2D eigenvalue weighted by Crippen LogP contribution is -2.30. The summed E-state index contributed by atoms with van der Waals surface area (Å²) in [5.74, 6) is -0.983. The number of carbonyl (C=O) groups excluding carboxylic acids is 3. The molecule has 0 aliphatic carbocycles. The zero-order valence-electron chi connectivity index (χ0n) is 47.4. The molecular formula is C67H110O6. The summed E-state index contributed by atoms with van der Waals surface area (Å²) in [6.07, 6.45) is 83.4. The monoisotopic (exact) mass is 1010 g/mol. The average molecular weight is 1010 g/mol. The lowest BCUT2D eigenvalue weighted by atomic mass is 10.0. The van der Waals surface area contributed by atoms with Gasteiger partial charge in [0.2, 0.25) is 0 Å². The van der Waals surface area contributed by atoms with Gasteiger partial charge in [-0.25, -0.2) is 0 Å². The topological polar surface area (TPSA) is 78.9 Å². The lowest BCUT2D eigenvalue weighted by molar-refractivity contribution is -0.167. The van der Waals surface area contributed by atoms with Crippen molar-refractivity contribution in [2.24, 2.45) is 0 Å². The highest BCUT2D eigenvalue weighted by Gasteiger charge is 2.19. The van der Waals surface area contributed by atoms with Crippen molar-refractivity contribution < 1.29 is 28.6 Å². The highest BCUT2D eigenvalue weighted by Crippen LogP contribution is 2.15. The second-order valence-corrected chi connectivity index (χ2v) is 19.5. The maximum atomic E-state index is 12.9. The third-order valence-electron chi connectivity index (χ3n) is 12.4. The molecule has 0 bridgehead atoms. The van der Waals surface area contributed by atoms with Crippen molar-refractivity contribution in [3.63, 3.8) is 0 Å². The third-order valence-corrected chi connectivity index (χ3v) is 12.4. The number of rotatable bonds is 53. The predicted molar refractivity (Wildman–Crippen MR) is 316 cm³/mol. The zero-order valence-corrected chi connectivity index (χ0v) is 47.4. The highest BCUT2D eigenvalue weighted by atomic mass is 16.6. The quantitative estimate of drug-likeness (QED) is 0.0261. The van der Waals surface area contributed by atoms with Crippen LogP contribution in [0.1, 0.15) is 265 Å². The minimum Gasteiger partial charge on any atom is -0.462 e. The average Bonchev–Trinajstić information content (AvgIpc) is 3.39. The van der Waals surface area contributed by atoms with Crippen molar-refractivity contribution >= 4 is 17.9 Å². The van der Waals surface area contributed by atoms with Crippen LogP contribution in [0.25, 0.3) is 0 Å². The molecule has 6 nitrogen and oxygen atoms in total. The Morgan fingerprint density at radius 1 is 0.288 bits per heavy atom. The van der Waals surface area contributed by atoms with Gasteiger partial charge in [0.1, 0.15) is 13.2 Å². The normalized spacial score (nSPS) is 13.0. The van der Waals surface area contributed by atoms with Crippen LogP contribution in [0.3, 0.4) is 0 Å². The SMILES string of the molecule is CC/C=C\C/C=C\C/C=C\C/C=C\C/C=C\CCCCCC(=O)O[C@H](COC(=O)CCCC/C=C\C/C=C\C/C=C\C/C=C\CC)COC(=O)CCCCCCCCCCCCC/C=C\CCCCCCCC. The van der Waals surface area contributed by atoms with Gasteiger partial charge in [0.05, 0.1) is 0 Å². The van der Waals surface area contributed by atoms with E-state index < -0.39 is 6.10 Å². The Labute approximate surface area is 450 Å². The fraction of sp³-hybridized carbons (Fsp3) is 0.657. The molecule has 0 unspecified atom stereocenters. The first-order valence-electron chi connectivity index (χ1n) is 30.0. The Morgan fingerprint density at radius 3 is 0.890 bits per heavy atom. The van der Waals surface area contributed by atoms with Crippen molar-refractivity contribution in [2.75, 3.05) is 13.2 Å². The molecule has 0 rings (SSSR count). The summed E-state index contributed by atoms with van der Waals surface area (Å²) in [4.78, 5) is 38.2. The van der Waals surface area contributed by atoms with E-state index in [0.717, 1.165) is 109 Å². The minimum atomic E-state index is -0.817. The van der Waals surface area contributed by atoms with Gasteiger partial charge in [0, 0.05) is 19.3 Å². The fourth-order valence-electron chi connectivity index (χ4n) is 7.98. The first-order valence-corrected chi connectivity index (χ1v) is 30.0. The van der Waals surface area contributed by atoms with Crippen molar-refractivity contribution in [2.45, 2.75) is 271 Å². The van der Waals surface area contributed by atoms with Gasteiger partial charge in [-0.2, -0.15) is 0 Å². The van der Waals surface area contributed by atoms with E-state index >= 15 is 0 Å². The summed E-state index contributed by atoms with van der Waals surface area (Å²) < 4.78 is 16.8. The predicted octanol–water partition coefficient (Wildman–Crippen LogP) is 20.4. The lowest BCUT2D eigenvalue weighted by Gasteiger charge is -2.18. The molecule has 0 N–H and O–H groups in total. The first-order chi connectivity index (χ1) is 36.0. The summed E-state index contributed by atoms with van der Waals surface area (Å²) in [6, 6.07) is 0. The van der Waals surface area contributed by atoms with Crippen molar-refractivity contribution in [1.29, 1.82) is 0 Å². The molecule has 0 aromatic rings. The van der Waals surface area contributed by atoms with E-state index in [9.17, 15) is 14.4 Å². The Kier molecular flexibility index (Phi) is 56.9. The van der Waals surface area contributed by atoms with Gasteiger partial charge in [-0.1, -0.05) is 239 Å². The first kappa shape index (κ1) is 68.8. The molecule has 6 heteroatoms. The smallest absolute Gasteiger partial charge is 0.306 e. The summed E-state index contributed by atoms with van der Waals surface area (Å²) in [6.45, 7) is 6.35. The Morgan fingerprint density at radius 2 is 0.534 bits per heavy atom. The molecule has 0 aliphatic heterocycles. The third kappa shape index (κ3) is 58.6. The molecule has 0 fully saturated rings. The Bertz CT molecular complexity index is 1540. The van der Waals surface area contributed by atoms with E-state index in [2.05, 4.69) is 142 Å². The van der Waals surface area contributed by atoms with Gasteiger partial charge >= 0.3 is 17.9 Å². The number of unbranched alkanes of at least 4 members (excludes halogenated alkanes) is 22. The van der Waals surface area contributed by atoms with E-state index in [1.54, 1.807) is 0 Å². The maximum Gasteiger partial charge on any atom is 0.306 e. The van der Waals surface area contributed by atoms with E-state index in [1.807, 2.05) is 0 Å². The number of carbonyl (C=O) groups is 3. The molecule has 0 aromatic heterocycles. The number of esters is 3. The second kappa shape index (κ2) is 60.4. The van der Waals surface area contributed by atoms with Crippen molar-refractivity contribution in [3.8, 4) is 0 Å². The number of hydrogen-bond acceptors (Lipinski definition) is 6. The largest absolute Gasteiger partial charge is 0.462 e. The molecule has 0 radical (unpaired) electrons. The standard InChI is InChI=1S/C67H110O6/c1-4-7-10-13-16-19-22-25-28-30-32-33-35-36-39-42-45-48-51-54-57-60-66(69)72-63-64(62-71-65(68)59-56-53-50-47-44-41-38-27-24-21-18-15-12-9-6-3)73-67(70)61-58-55-52-49-46-43-40-37-34-31-29-26-23-20-17-14-11-8-5-2/h8-9,11-12,17-18,20-21,25-29,34,37-38,43-44,46-47,64H,4-7,10,13-16,19,22-24,30-33,35-36,39-42,45,48-63H2,1-3H3/b11-8-,12-9-,20-17-,21-18-,28-25-,29-26-,37-34-,38-27-,46-43-,47-44-/t64-/m1/s1. The van der Waals surface area contributed by atoms with Crippen LogP contribution in [0.2, 0.25) is 0 Å². The number of hydrogen-bond donors (Lipinski definition) is 0. The Balaban J connectivity index is 4.48. The molecular weight excluding hydrogens is 901 g/mol. The van der Waals surface area contributed by atoms with Crippen molar-refractivity contribution in [1.82, 2.24) is 0 Å². The molecule has 73 heavy (non-hydrogen) atoms. The van der Waals surface area contributed by atoms with Crippen LogP contribution in [0, 0.1) is 0 Å². The van der Waals surface area contributed by atoms with Crippen LogP contribution >= 0.6 is 0 Å². The van der Waals surface area contributed by atoms with Crippen LogP contribution in [-0.4, -0.2) is 37.2 Å². The maximum absolute atomic E-state index is 12.9. The highest BCUT2D eigenvalue weighted by molar-refractivity contribution is 5.71. The zero-order chi connectivity index (χ0) is 52.9. The number of ether oxygens (including phenoxy) is 3. The van der Waals surface area contributed by atoms with E-state index in [0.29, 0.717) is 25.7 Å². The molecule has 0 spiro atoms. The van der Waals surface area contributed by atoms with Gasteiger partial charge in [-0.05, 0) is 128 Å². The molecule has 0 heterocycles. The molecule has 0 saturated carbocycles. The fourth-order valence-corrected chi connectivity index (χ4v) is 7.98. The Hall–Kier alpha value is -4.19. The van der Waals surface area contributed by atoms with Gasteiger partial charge < -0.3 is 14.2 Å². The van der Waals surface area contributed by atoms with Crippen LogP contribution in [0.4, 0.5) is 0 Å². The molecule has 1 atom stereocenters. The van der Waals surface area contributed by atoms with E-state index in [4.69, 9.17) is 14.2 Å². The van der Waals surface area contributed by atoms with Crippen LogP contribution < -0.4 is 0 Å². The van der Waals surface area contributed by atoms with Gasteiger partial charge in [0.15, 0.2) is 6.10 Å².